The van der Waals surface area contributed by atoms with E-state index in [1.807, 2.05) is 4.90 Å². The van der Waals surface area contributed by atoms with Gasteiger partial charge in [0.05, 0.1) is 36.9 Å². The van der Waals surface area contributed by atoms with E-state index >= 15 is 0 Å². The lowest BCUT2D eigenvalue weighted by Crippen LogP contribution is -2.66. The highest BCUT2D eigenvalue weighted by atomic mass is 19.4. The number of nitrogens with zero attached hydrogens (tertiary/aromatic N) is 7. The van der Waals surface area contributed by atoms with Crippen LogP contribution in [0.1, 0.15) is 20.8 Å². The summed E-state index contributed by atoms with van der Waals surface area (Å²) in [6.45, 7) is 5.14. The smallest absolute Gasteiger partial charge is 0.410 e. The van der Waals surface area contributed by atoms with Gasteiger partial charge in [0.1, 0.15) is 18.0 Å². The van der Waals surface area contributed by atoms with Crippen LogP contribution in [0.2, 0.25) is 0 Å². The predicted molar refractivity (Wildman–Crippen MR) is 162 cm³/mol. The molecule has 46 heavy (non-hydrogen) atoms. The molecule has 2 bridgehead atoms. The van der Waals surface area contributed by atoms with Gasteiger partial charge in [0.2, 0.25) is 0 Å². The number of rotatable bonds is 5. The number of benzene rings is 1. The van der Waals surface area contributed by atoms with Crippen LogP contribution in [0, 0.1) is 0 Å². The average Bonchev–Trinajstić information content (AvgIpc) is 3.37. The Morgan fingerprint density at radius 3 is 2.20 bits per heavy atom. The van der Waals surface area contributed by atoms with Crippen molar-refractivity contribution >= 4 is 40.4 Å². The van der Waals surface area contributed by atoms with E-state index in [0.717, 1.165) is 4.68 Å². The number of aromatic nitrogens is 5. The number of piperazine rings is 1. The second-order valence-electron chi connectivity index (χ2n) is 12.1. The standard InChI is InChI=1S/C30H32F3N9O4/c1-29(2,3)46-28(44)40-13-21-15-45-16-22(14-40)42(21)26-23-12-35-41(17-30(31,32)33)25(23)38-24(39-26)18-4-6-19(7-5-18)36-27(43)37-20-8-10-34-11-9-20/h4-12,21-22H,13-17H2,1-3H3,(H2,34,36,37,43). The molecule has 1 aromatic carbocycles. The molecule has 2 fully saturated rings. The molecule has 242 valence electrons. The lowest BCUT2D eigenvalue weighted by Gasteiger charge is -2.50. The summed E-state index contributed by atoms with van der Waals surface area (Å²) in [6, 6.07) is 8.76. The second kappa shape index (κ2) is 12.1. The first kappa shape index (κ1) is 31.0. The average molecular weight is 640 g/mol. The summed E-state index contributed by atoms with van der Waals surface area (Å²) in [4.78, 5) is 42.3. The first-order valence-electron chi connectivity index (χ1n) is 14.6. The molecule has 0 spiro atoms. The number of fused-ring (bicyclic) bond motifs is 3. The van der Waals surface area contributed by atoms with Gasteiger partial charge in [0.25, 0.3) is 0 Å². The molecule has 2 saturated heterocycles. The number of morpholine rings is 1. The molecule has 13 nitrogen and oxygen atoms in total. The van der Waals surface area contributed by atoms with Crippen molar-refractivity contribution in [3.05, 3.63) is 55.0 Å². The zero-order valence-electron chi connectivity index (χ0n) is 25.3. The third kappa shape index (κ3) is 6.96. The molecule has 2 unspecified atom stereocenters. The van der Waals surface area contributed by atoms with E-state index < -0.39 is 30.4 Å². The van der Waals surface area contributed by atoms with E-state index in [2.05, 4.69) is 25.7 Å². The topological polar surface area (TPSA) is 140 Å². The molecule has 2 N–H and O–H groups in total. The van der Waals surface area contributed by atoms with Crippen LogP contribution in [-0.2, 0) is 16.0 Å². The van der Waals surface area contributed by atoms with Crippen molar-refractivity contribution in [2.75, 3.05) is 41.8 Å². The Hall–Kier alpha value is -4.99. The van der Waals surface area contributed by atoms with Crippen LogP contribution in [0.5, 0.6) is 0 Å². The molecule has 2 aliphatic heterocycles. The van der Waals surface area contributed by atoms with Crippen LogP contribution in [0.25, 0.3) is 22.4 Å². The van der Waals surface area contributed by atoms with Crippen LogP contribution in [0.4, 0.5) is 40.0 Å². The molecule has 2 aliphatic rings. The quantitative estimate of drug-likeness (QED) is 0.312. The van der Waals surface area contributed by atoms with Gasteiger partial charge >= 0.3 is 18.3 Å². The highest BCUT2D eigenvalue weighted by Crippen LogP contribution is 2.35. The summed E-state index contributed by atoms with van der Waals surface area (Å²) in [6.07, 6.45) is -0.531. The number of carbonyl (C=O) groups excluding carboxylic acids is 2. The number of hydrogen-bond acceptors (Lipinski definition) is 9. The van der Waals surface area contributed by atoms with Crippen LogP contribution in [0.3, 0.4) is 0 Å². The number of anilines is 3. The molecule has 16 heteroatoms. The second-order valence-corrected chi connectivity index (χ2v) is 12.1. The van der Waals surface area contributed by atoms with Crippen LogP contribution >= 0.6 is 0 Å². The lowest BCUT2D eigenvalue weighted by molar-refractivity contribution is -0.141. The minimum Gasteiger partial charge on any atom is -0.444 e. The largest absolute Gasteiger partial charge is 0.444 e. The molecular weight excluding hydrogens is 607 g/mol. The monoisotopic (exact) mass is 639 g/mol. The van der Waals surface area contributed by atoms with E-state index in [4.69, 9.17) is 14.5 Å². The number of halogens is 3. The van der Waals surface area contributed by atoms with Crippen LogP contribution < -0.4 is 15.5 Å². The van der Waals surface area contributed by atoms with Crippen molar-refractivity contribution in [3.8, 4) is 11.4 Å². The summed E-state index contributed by atoms with van der Waals surface area (Å²) < 4.78 is 52.8. The number of alkyl halides is 3. The molecule has 4 aromatic rings. The van der Waals surface area contributed by atoms with Crippen molar-refractivity contribution in [2.24, 2.45) is 0 Å². The van der Waals surface area contributed by atoms with E-state index in [-0.39, 0.29) is 49.9 Å². The first-order valence-corrected chi connectivity index (χ1v) is 14.6. The summed E-state index contributed by atoms with van der Waals surface area (Å²) in [5, 5.41) is 9.80. The minimum atomic E-state index is -4.53. The van der Waals surface area contributed by atoms with E-state index in [0.29, 0.717) is 28.1 Å². The van der Waals surface area contributed by atoms with Gasteiger partial charge in [-0.15, -0.1) is 0 Å². The zero-order valence-corrected chi connectivity index (χ0v) is 25.3. The summed E-state index contributed by atoms with van der Waals surface area (Å²) in [7, 11) is 0. The Labute approximate surface area is 261 Å². The Morgan fingerprint density at radius 1 is 0.957 bits per heavy atom. The molecule has 0 aliphatic carbocycles. The Morgan fingerprint density at radius 2 is 1.59 bits per heavy atom. The number of carbonyl (C=O) groups is 2. The van der Waals surface area contributed by atoms with Crippen LogP contribution in [-0.4, -0.2) is 91.9 Å². The maximum atomic E-state index is 13.5. The Bertz CT molecular complexity index is 1710. The van der Waals surface area contributed by atoms with Gasteiger partial charge in [-0.05, 0) is 57.2 Å². The number of pyridine rings is 1. The number of nitrogens with one attached hydrogen (secondary N) is 2. The fourth-order valence-electron chi connectivity index (χ4n) is 5.47. The maximum Gasteiger partial charge on any atom is 0.410 e. The summed E-state index contributed by atoms with van der Waals surface area (Å²) in [5.74, 6) is 0.572. The zero-order chi connectivity index (χ0) is 32.6. The predicted octanol–water partition coefficient (Wildman–Crippen LogP) is 4.92. The van der Waals surface area contributed by atoms with Gasteiger partial charge in [-0.3, -0.25) is 4.98 Å². The van der Waals surface area contributed by atoms with Crippen LogP contribution in [0.15, 0.2) is 55.0 Å². The van der Waals surface area contributed by atoms with Gasteiger partial charge in [-0.1, -0.05) is 0 Å². The number of ether oxygens (including phenoxy) is 2. The molecule has 6 rings (SSSR count). The van der Waals surface area contributed by atoms with Gasteiger partial charge in [-0.25, -0.2) is 24.2 Å². The Balaban J connectivity index is 1.32. The van der Waals surface area contributed by atoms with Crippen molar-refractivity contribution in [3.63, 3.8) is 0 Å². The van der Waals surface area contributed by atoms with Gasteiger partial charge in [0.15, 0.2) is 11.5 Å². The third-order valence-corrected chi connectivity index (χ3v) is 7.31. The molecular formula is C30H32F3N9O4. The fourth-order valence-corrected chi connectivity index (χ4v) is 5.47. The van der Waals surface area contributed by atoms with E-state index in [1.54, 1.807) is 74.5 Å². The highest BCUT2D eigenvalue weighted by Gasteiger charge is 2.43. The maximum absolute atomic E-state index is 13.5. The molecule has 0 radical (unpaired) electrons. The van der Waals surface area contributed by atoms with Gasteiger partial charge in [-0.2, -0.15) is 18.3 Å². The molecule has 5 heterocycles. The van der Waals surface area contributed by atoms with Crippen molar-refractivity contribution < 1.29 is 32.2 Å². The summed E-state index contributed by atoms with van der Waals surface area (Å²) >= 11 is 0. The minimum absolute atomic E-state index is 0.0184. The number of urea groups is 1. The molecule has 3 aromatic heterocycles. The number of hydrogen-bond donors (Lipinski definition) is 2. The van der Waals surface area contributed by atoms with Crippen molar-refractivity contribution in [1.29, 1.82) is 0 Å². The summed E-state index contributed by atoms with van der Waals surface area (Å²) in [5.41, 5.74) is 0.899. The van der Waals surface area contributed by atoms with Gasteiger partial charge in [0, 0.05) is 42.4 Å². The van der Waals surface area contributed by atoms with E-state index in [1.165, 1.54) is 6.20 Å². The molecule has 3 amide bonds. The number of amides is 3. The molecule has 2 atom stereocenters. The lowest BCUT2D eigenvalue weighted by atomic mass is 10.0. The van der Waals surface area contributed by atoms with E-state index in [9.17, 15) is 22.8 Å². The normalized spacial score (nSPS) is 18.4. The highest BCUT2D eigenvalue weighted by molar-refractivity contribution is 5.99. The third-order valence-electron chi connectivity index (χ3n) is 7.31. The first-order chi connectivity index (χ1) is 21.8. The fraction of sp³-hybridized carbons (Fsp3) is 0.400. The van der Waals surface area contributed by atoms with Crippen molar-refractivity contribution in [1.82, 2.24) is 29.6 Å². The SMILES string of the molecule is CC(C)(C)OC(=O)N1CC2COCC(C1)N2c1nc(-c2ccc(NC(=O)Nc3ccncc3)cc2)nc2c1cnn2CC(F)(F)F. The van der Waals surface area contributed by atoms with Crippen molar-refractivity contribution in [2.45, 2.75) is 51.2 Å². The molecule has 0 saturated carbocycles. The van der Waals surface area contributed by atoms with Gasteiger partial charge < -0.3 is 29.9 Å². The Kier molecular flexibility index (Phi) is 8.14.